The molecule has 1 aromatic carbocycles. The Morgan fingerprint density at radius 1 is 1.28 bits per heavy atom. The van der Waals surface area contributed by atoms with E-state index in [1.54, 1.807) is 6.08 Å². The van der Waals surface area contributed by atoms with Gasteiger partial charge in [-0.3, -0.25) is 10.1 Å². The van der Waals surface area contributed by atoms with Gasteiger partial charge in [0.1, 0.15) is 0 Å². The van der Waals surface area contributed by atoms with Crippen molar-refractivity contribution in [2.75, 3.05) is 11.9 Å². The van der Waals surface area contributed by atoms with Gasteiger partial charge < -0.3 is 5.32 Å². The summed E-state index contributed by atoms with van der Waals surface area (Å²) in [6.45, 7) is 6.47. The van der Waals surface area contributed by atoms with Crippen LogP contribution in [0.5, 0.6) is 0 Å². The highest BCUT2D eigenvalue weighted by molar-refractivity contribution is 7.22. The second-order valence-corrected chi connectivity index (χ2v) is 7.07. The molecule has 0 saturated carbocycles. The summed E-state index contributed by atoms with van der Waals surface area (Å²) in [4.78, 5) is 28.4. The monoisotopic (exact) mass is 355 g/mol. The minimum absolute atomic E-state index is 0.000339. The molecule has 1 aliphatic rings. The summed E-state index contributed by atoms with van der Waals surface area (Å²) in [6, 6.07) is 5.67. The van der Waals surface area contributed by atoms with Gasteiger partial charge in [0.25, 0.3) is 0 Å². The third-order valence-electron chi connectivity index (χ3n) is 4.26. The first-order valence-electron chi connectivity index (χ1n) is 8.41. The van der Waals surface area contributed by atoms with Gasteiger partial charge in [-0.2, -0.15) is 0 Å². The largest absolute Gasteiger partial charge is 0.338 e. The first kappa shape index (κ1) is 17.4. The van der Waals surface area contributed by atoms with Gasteiger partial charge in [0.2, 0.25) is 0 Å². The molecular weight excluding hydrogens is 334 g/mol. The molecule has 25 heavy (non-hydrogen) atoms. The average Bonchev–Trinajstić information content (AvgIpc) is 2.95. The lowest BCUT2D eigenvalue weighted by Gasteiger charge is -2.19. The first-order valence-corrected chi connectivity index (χ1v) is 9.23. The Morgan fingerprint density at radius 3 is 2.76 bits per heavy atom. The molecule has 1 unspecified atom stereocenters. The Hall–Kier alpha value is -2.47. The minimum atomic E-state index is -0.258. The first-order chi connectivity index (χ1) is 12.0. The van der Waals surface area contributed by atoms with E-state index in [4.69, 9.17) is 0 Å². The molecule has 0 radical (unpaired) electrons. The number of rotatable bonds is 4. The molecule has 0 spiro atoms. The Morgan fingerprint density at radius 2 is 2.08 bits per heavy atom. The molecule has 3 rings (SSSR count). The number of anilines is 1. The molecule has 6 heteroatoms. The molecule has 2 amide bonds. The maximum atomic E-state index is 12.3. The number of allylic oxidation sites excluding steroid dienone is 4. The van der Waals surface area contributed by atoms with E-state index in [2.05, 4.69) is 21.7 Å². The number of nitrogens with zero attached hydrogens (tertiary/aromatic N) is 1. The molecule has 2 N–H and O–H groups in total. The van der Waals surface area contributed by atoms with Crippen LogP contribution < -0.4 is 10.6 Å². The molecule has 1 aromatic heterocycles. The summed E-state index contributed by atoms with van der Waals surface area (Å²) in [5, 5.41) is 5.98. The predicted molar refractivity (Wildman–Crippen MR) is 103 cm³/mol. The number of benzene rings is 1. The lowest BCUT2D eigenvalue weighted by atomic mass is 9.84. The fourth-order valence-electron chi connectivity index (χ4n) is 3.02. The zero-order valence-electron chi connectivity index (χ0n) is 14.6. The van der Waals surface area contributed by atoms with Gasteiger partial charge in [-0.05, 0) is 49.6 Å². The number of urea groups is 1. The molecule has 1 heterocycles. The van der Waals surface area contributed by atoms with Gasteiger partial charge in [-0.1, -0.05) is 36.0 Å². The summed E-state index contributed by atoms with van der Waals surface area (Å²) in [5.74, 6) is 0.161. The van der Waals surface area contributed by atoms with Gasteiger partial charge >= 0.3 is 6.03 Å². The van der Waals surface area contributed by atoms with Crippen molar-refractivity contribution in [2.24, 2.45) is 5.92 Å². The molecule has 1 aliphatic carbocycles. The van der Waals surface area contributed by atoms with Crippen molar-refractivity contribution in [3.63, 3.8) is 0 Å². The Bertz CT molecular complexity index is 895. The predicted octanol–water partition coefficient (Wildman–Crippen LogP) is 4.38. The van der Waals surface area contributed by atoms with Crippen LogP contribution in [0.15, 0.2) is 35.9 Å². The van der Waals surface area contributed by atoms with Gasteiger partial charge in [-0.15, -0.1) is 0 Å². The number of thiazole rings is 1. The SMILES string of the molecule is CCNC(=O)Nc1nc2cc(C3=CC(=O)C(CC)C(C)=C3)ccc2s1. The molecule has 0 bridgehead atoms. The van der Waals surface area contributed by atoms with Gasteiger partial charge in [-0.25, -0.2) is 9.78 Å². The summed E-state index contributed by atoms with van der Waals surface area (Å²) < 4.78 is 0.991. The van der Waals surface area contributed by atoms with Crippen LogP contribution in [0.25, 0.3) is 15.8 Å². The number of aromatic nitrogens is 1. The van der Waals surface area contributed by atoms with E-state index >= 15 is 0 Å². The van der Waals surface area contributed by atoms with Gasteiger partial charge in [0.15, 0.2) is 10.9 Å². The zero-order chi connectivity index (χ0) is 18.0. The number of carbonyl (C=O) groups is 2. The lowest BCUT2D eigenvalue weighted by Crippen LogP contribution is -2.28. The Kier molecular flexibility index (Phi) is 4.99. The van der Waals surface area contributed by atoms with E-state index in [0.717, 1.165) is 33.3 Å². The highest BCUT2D eigenvalue weighted by Crippen LogP contribution is 2.32. The summed E-state index contributed by atoms with van der Waals surface area (Å²) >= 11 is 1.43. The zero-order valence-corrected chi connectivity index (χ0v) is 15.4. The van der Waals surface area contributed by atoms with Crippen molar-refractivity contribution in [3.05, 3.63) is 41.5 Å². The fraction of sp³-hybridized carbons (Fsp3) is 0.316. The highest BCUT2D eigenvalue weighted by Gasteiger charge is 2.21. The van der Waals surface area contributed by atoms with Crippen molar-refractivity contribution in [1.29, 1.82) is 0 Å². The number of hydrogen-bond donors (Lipinski definition) is 2. The lowest BCUT2D eigenvalue weighted by molar-refractivity contribution is -0.117. The maximum Gasteiger partial charge on any atom is 0.321 e. The average molecular weight is 355 g/mol. The Labute approximate surface area is 150 Å². The van der Waals surface area contributed by atoms with Crippen molar-refractivity contribution in [1.82, 2.24) is 10.3 Å². The highest BCUT2D eigenvalue weighted by atomic mass is 32.1. The van der Waals surface area contributed by atoms with Gasteiger partial charge in [0, 0.05) is 12.5 Å². The van der Waals surface area contributed by atoms with Crippen molar-refractivity contribution >= 4 is 44.1 Å². The second-order valence-electron chi connectivity index (χ2n) is 6.04. The summed E-state index contributed by atoms with van der Waals surface area (Å²) in [7, 11) is 0. The fourth-order valence-corrected chi connectivity index (χ4v) is 3.86. The standard InChI is InChI=1S/C19H21N3O2S/c1-4-14-11(3)8-13(10-16(14)23)12-6-7-17-15(9-12)21-19(25-17)22-18(24)20-5-2/h6-10,14H,4-5H2,1-3H3,(H2,20,21,22,24). The molecule has 130 valence electrons. The van der Waals surface area contributed by atoms with E-state index < -0.39 is 0 Å². The molecule has 1 atom stereocenters. The van der Waals surface area contributed by atoms with Crippen molar-refractivity contribution in [3.8, 4) is 0 Å². The van der Waals surface area contributed by atoms with Crippen LogP contribution in [0.3, 0.4) is 0 Å². The van der Waals surface area contributed by atoms with E-state index in [1.165, 1.54) is 11.3 Å². The summed E-state index contributed by atoms with van der Waals surface area (Å²) in [5.41, 5.74) is 3.79. The van der Waals surface area contributed by atoms with Crippen LogP contribution in [0, 0.1) is 5.92 Å². The topological polar surface area (TPSA) is 71.1 Å². The molecule has 0 fully saturated rings. The third-order valence-corrected chi connectivity index (χ3v) is 5.21. The number of carbonyl (C=O) groups excluding carboxylic acids is 2. The van der Waals surface area contributed by atoms with Gasteiger partial charge in [0.05, 0.1) is 10.2 Å². The van der Waals surface area contributed by atoms with Crippen LogP contribution in [-0.2, 0) is 4.79 Å². The van der Waals surface area contributed by atoms with E-state index in [0.29, 0.717) is 11.7 Å². The molecular formula is C19H21N3O2S. The van der Waals surface area contributed by atoms with Crippen molar-refractivity contribution < 1.29 is 9.59 Å². The molecule has 5 nitrogen and oxygen atoms in total. The Balaban J connectivity index is 1.89. The molecule has 0 aliphatic heterocycles. The summed E-state index contributed by atoms with van der Waals surface area (Å²) in [6.07, 6.45) is 4.63. The van der Waals surface area contributed by atoms with E-state index in [9.17, 15) is 9.59 Å². The number of amides is 2. The normalized spacial score (nSPS) is 17.2. The number of fused-ring (bicyclic) bond motifs is 1. The number of ketones is 1. The van der Waals surface area contributed by atoms with E-state index in [1.807, 2.05) is 39.0 Å². The van der Waals surface area contributed by atoms with Crippen LogP contribution in [0.2, 0.25) is 0 Å². The third kappa shape index (κ3) is 3.64. The van der Waals surface area contributed by atoms with Crippen LogP contribution in [0.1, 0.15) is 32.8 Å². The second kappa shape index (κ2) is 7.19. The quantitative estimate of drug-likeness (QED) is 0.855. The molecule has 0 saturated heterocycles. The van der Waals surface area contributed by atoms with Crippen LogP contribution >= 0.6 is 11.3 Å². The maximum absolute atomic E-state index is 12.3. The van der Waals surface area contributed by atoms with Crippen LogP contribution in [-0.4, -0.2) is 23.3 Å². The van der Waals surface area contributed by atoms with Crippen LogP contribution in [0.4, 0.5) is 9.93 Å². The number of nitrogens with one attached hydrogen (secondary N) is 2. The van der Waals surface area contributed by atoms with Crippen molar-refractivity contribution in [2.45, 2.75) is 27.2 Å². The smallest absolute Gasteiger partial charge is 0.321 e. The number of hydrogen-bond acceptors (Lipinski definition) is 4. The molecule has 2 aromatic rings. The minimum Gasteiger partial charge on any atom is -0.338 e. The van der Waals surface area contributed by atoms with E-state index in [-0.39, 0.29) is 17.7 Å².